The summed E-state index contributed by atoms with van der Waals surface area (Å²) in [7, 11) is 0. The summed E-state index contributed by atoms with van der Waals surface area (Å²) in [5.41, 5.74) is -0.106. The van der Waals surface area contributed by atoms with Crippen LogP contribution in [0.25, 0.3) is 0 Å². The molecule has 0 unspecified atom stereocenters. The maximum atomic E-state index is 5.40. The largest absolute Gasteiger partial charge is 0.413 e. The Hall–Kier alpha value is -0.720. The van der Waals surface area contributed by atoms with E-state index in [0.717, 1.165) is 32.7 Å². The molecule has 2 N–H and O–H groups in total. The molecule has 16 heavy (non-hydrogen) atoms. The van der Waals surface area contributed by atoms with Crippen molar-refractivity contribution in [1.82, 2.24) is 20.4 Å². The minimum Gasteiger partial charge on any atom is -0.413 e. The van der Waals surface area contributed by atoms with Crippen molar-refractivity contribution >= 4 is 12.2 Å². The van der Waals surface area contributed by atoms with Gasteiger partial charge in [0.05, 0.1) is 5.41 Å². The fourth-order valence-corrected chi connectivity index (χ4v) is 2.14. The fraction of sp³-hybridized carbons (Fsp3) is 0.800. The number of hydrogen-bond acceptors (Lipinski definition) is 5. The Balaban J connectivity index is 2.03. The van der Waals surface area contributed by atoms with E-state index in [0.29, 0.717) is 10.7 Å². The zero-order chi connectivity index (χ0) is 11.6. The fourth-order valence-electron chi connectivity index (χ4n) is 2.02. The number of nitrogens with zero attached hydrogens (tertiary/aromatic N) is 2. The molecule has 90 valence electrons. The highest BCUT2D eigenvalue weighted by Gasteiger charge is 2.29. The van der Waals surface area contributed by atoms with Gasteiger partial charge in [-0.15, -0.1) is 5.10 Å². The van der Waals surface area contributed by atoms with E-state index in [1.54, 1.807) is 0 Å². The van der Waals surface area contributed by atoms with Gasteiger partial charge in [-0.05, 0) is 26.1 Å². The van der Waals surface area contributed by atoms with Gasteiger partial charge in [-0.25, -0.2) is 5.10 Å². The van der Waals surface area contributed by atoms with Gasteiger partial charge in [-0.3, -0.25) is 4.90 Å². The molecule has 0 radical (unpaired) electrons. The van der Waals surface area contributed by atoms with Crippen molar-refractivity contribution < 1.29 is 4.42 Å². The van der Waals surface area contributed by atoms with Gasteiger partial charge in [0.2, 0.25) is 5.89 Å². The molecule has 0 aromatic carbocycles. The molecule has 0 atom stereocenters. The number of aromatic amines is 1. The molecular weight excluding hydrogens is 224 g/mol. The van der Waals surface area contributed by atoms with E-state index < -0.39 is 0 Å². The Labute approximate surface area is 100 Å². The predicted molar refractivity (Wildman–Crippen MR) is 64.0 cm³/mol. The predicted octanol–water partition coefficient (Wildman–Crippen LogP) is 0.915. The van der Waals surface area contributed by atoms with Gasteiger partial charge in [0, 0.05) is 32.7 Å². The lowest BCUT2D eigenvalue weighted by Gasteiger charge is -2.33. The lowest BCUT2D eigenvalue weighted by atomic mass is 9.92. The molecule has 6 heteroatoms. The van der Waals surface area contributed by atoms with Crippen LogP contribution < -0.4 is 5.32 Å². The molecule has 0 amide bonds. The van der Waals surface area contributed by atoms with Gasteiger partial charge in [0.15, 0.2) is 0 Å². The third-order valence-corrected chi connectivity index (χ3v) is 3.02. The minimum atomic E-state index is -0.106. The van der Waals surface area contributed by atoms with Crippen LogP contribution in [-0.4, -0.2) is 47.8 Å². The van der Waals surface area contributed by atoms with Crippen LogP contribution in [0.4, 0.5) is 0 Å². The topological polar surface area (TPSA) is 57.1 Å². The molecule has 1 aliphatic heterocycles. The third kappa shape index (κ3) is 2.69. The molecule has 0 saturated carbocycles. The van der Waals surface area contributed by atoms with E-state index in [4.69, 9.17) is 16.6 Å². The monoisotopic (exact) mass is 242 g/mol. The number of aromatic nitrogens is 2. The highest BCUT2D eigenvalue weighted by Crippen LogP contribution is 2.22. The van der Waals surface area contributed by atoms with Crippen LogP contribution in [0.5, 0.6) is 0 Å². The standard InChI is InChI=1S/C10H18N4OS/c1-10(2,8-12-13-9(16)15-8)7-14-5-3-11-4-6-14/h11H,3-7H2,1-2H3,(H,13,16). The first-order valence-electron chi connectivity index (χ1n) is 5.57. The zero-order valence-corrected chi connectivity index (χ0v) is 10.6. The van der Waals surface area contributed by atoms with Crippen molar-refractivity contribution in [3.8, 4) is 0 Å². The van der Waals surface area contributed by atoms with E-state index in [1.807, 2.05) is 0 Å². The average Bonchev–Trinajstić information content (AvgIpc) is 2.66. The maximum Gasteiger partial charge on any atom is 0.284 e. The van der Waals surface area contributed by atoms with E-state index in [9.17, 15) is 0 Å². The summed E-state index contributed by atoms with van der Waals surface area (Å²) >= 11 is 4.90. The Bertz CT molecular complexity index is 392. The van der Waals surface area contributed by atoms with Gasteiger partial charge in [0.25, 0.3) is 4.84 Å². The molecule has 0 bridgehead atoms. The highest BCUT2D eigenvalue weighted by atomic mass is 32.1. The zero-order valence-electron chi connectivity index (χ0n) is 9.75. The summed E-state index contributed by atoms with van der Waals surface area (Å²) in [5, 5.41) is 10.1. The summed E-state index contributed by atoms with van der Waals surface area (Å²) in [6.07, 6.45) is 0. The van der Waals surface area contributed by atoms with Crippen LogP contribution in [0.2, 0.25) is 0 Å². The maximum absolute atomic E-state index is 5.40. The Morgan fingerprint density at radius 2 is 2.12 bits per heavy atom. The molecule has 2 heterocycles. The molecule has 1 saturated heterocycles. The van der Waals surface area contributed by atoms with Crippen LogP contribution in [0.3, 0.4) is 0 Å². The summed E-state index contributed by atoms with van der Waals surface area (Å²) in [4.78, 5) is 2.77. The number of hydrogen-bond donors (Lipinski definition) is 2. The van der Waals surface area contributed by atoms with E-state index >= 15 is 0 Å². The SMILES string of the molecule is CC(C)(CN1CCNCC1)c1n[nH]c(=S)o1. The quantitative estimate of drug-likeness (QED) is 0.772. The third-order valence-electron chi connectivity index (χ3n) is 2.85. The van der Waals surface area contributed by atoms with Gasteiger partial charge in [-0.2, -0.15) is 0 Å². The van der Waals surface area contributed by atoms with Gasteiger partial charge in [0.1, 0.15) is 0 Å². The summed E-state index contributed by atoms with van der Waals surface area (Å²) in [6, 6.07) is 0. The second kappa shape index (κ2) is 4.65. The van der Waals surface area contributed by atoms with Crippen molar-refractivity contribution in [2.75, 3.05) is 32.7 Å². The van der Waals surface area contributed by atoms with Crippen LogP contribution in [0, 0.1) is 4.84 Å². The normalized spacial score (nSPS) is 18.9. The van der Waals surface area contributed by atoms with Gasteiger partial charge >= 0.3 is 0 Å². The van der Waals surface area contributed by atoms with Crippen LogP contribution in [0.1, 0.15) is 19.7 Å². The number of piperazine rings is 1. The molecule has 2 rings (SSSR count). The van der Waals surface area contributed by atoms with Crippen molar-refractivity contribution in [2.24, 2.45) is 0 Å². The summed E-state index contributed by atoms with van der Waals surface area (Å²) in [6.45, 7) is 9.47. The molecule has 1 aliphatic rings. The van der Waals surface area contributed by atoms with Crippen LogP contribution in [-0.2, 0) is 5.41 Å². The number of rotatable bonds is 3. The summed E-state index contributed by atoms with van der Waals surface area (Å²) < 4.78 is 5.40. The highest BCUT2D eigenvalue weighted by molar-refractivity contribution is 7.71. The Kier molecular flexibility index (Phi) is 3.41. The smallest absolute Gasteiger partial charge is 0.284 e. The molecule has 1 aromatic heterocycles. The molecule has 1 aromatic rings. The first-order valence-corrected chi connectivity index (χ1v) is 5.98. The average molecular weight is 242 g/mol. The van der Waals surface area contributed by atoms with E-state index in [2.05, 4.69) is 34.3 Å². The minimum absolute atomic E-state index is 0.106. The van der Waals surface area contributed by atoms with Crippen LogP contribution in [0.15, 0.2) is 4.42 Å². The van der Waals surface area contributed by atoms with Gasteiger partial charge < -0.3 is 9.73 Å². The summed E-state index contributed by atoms with van der Waals surface area (Å²) in [5.74, 6) is 0.691. The number of H-pyrrole nitrogens is 1. The second-order valence-corrected chi connectivity index (χ2v) is 5.20. The van der Waals surface area contributed by atoms with E-state index in [1.165, 1.54) is 0 Å². The van der Waals surface area contributed by atoms with Crippen molar-refractivity contribution in [3.05, 3.63) is 10.7 Å². The van der Waals surface area contributed by atoms with Crippen molar-refractivity contribution in [2.45, 2.75) is 19.3 Å². The van der Waals surface area contributed by atoms with Crippen molar-refractivity contribution in [1.29, 1.82) is 0 Å². The Morgan fingerprint density at radius 1 is 1.44 bits per heavy atom. The number of nitrogens with one attached hydrogen (secondary N) is 2. The molecular formula is C10H18N4OS. The molecule has 5 nitrogen and oxygen atoms in total. The van der Waals surface area contributed by atoms with Crippen molar-refractivity contribution in [3.63, 3.8) is 0 Å². The van der Waals surface area contributed by atoms with Gasteiger partial charge in [-0.1, -0.05) is 0 Å². The lowest BCUT2D eigenvalue weighted by Crippen LogP contribution is -2.48. The first kappa shape index (κ1) is 11.8. The molecule has 0 aliphatic carbocycles. The molecule has 1 fully saturated rings. The van der Waals surface area contributed by atoms with Crippen LogP contribution >= 0.6 is 12.2 Å². The first-order chi connectivity index (χ1) is 7.58. The second-order valence-electron chi connectivity index (χ2n) is 4.83. The van der Waals surface area contributed by atoms with E-state index in [-0.39, 0.29) is 5.41 Å². The molecule has 0 spiro atoms. The lowest BCUT2D eigenvalue weighted by molar-refractivity contribution is 0.183. The Morgan fingerprint density at radius 3 is 2.69 bits per heavy atom.